The van der Waals surface area contributed by atoms with Crippen molar-refractivity contribution in [1.82, 2.24) is 9.29 Å². The zero-order valence-electron chi connectivity index (χ0n) is 18.7. The maximum atomic E-state index is 14.4. The number of hydrogen-bond acceptors (Lipinski definition) is 5. The molecule has 1 heterocycles. The molecule has 0 aliphatic carbocycles. The zero-order valence-corrected chi connectivity index (χ0v) is 20.3. The average molecular weight is 476 g/mol. The van der Waals surface area contributed by atoms with Gasteiger partial charge in [-0.1, -0.05) is 31.5 Å². The van der Waals surface area contributed by atoms with Crippen molar-refractivity contribution in [2.75, 3.05) is 18.4 Å². The number of halogens is 1. The first-order valence-corrected chi connectivity index (χ1v) is 12.5. The molecule has 0 spiro atoms. The maximum absolute atomic E-state index is 14.4. The van der Waals surface area contributed by atoms with Crippen LogP contribution in [0.5, 0.6) is 0 Å². The minimum atomic E-state index is -3.82. The molecule has 0 aliphatic rings. The third-order valence-electron chi connectivity index (χ3n) is 5.18. The van der Waals surface area contributed by atoms with Crippen LogP contribution in [-0.4, -0.2) is 36.7 Å². The van der Waals surface area contributed by atoms with Gasteiger partial charge in [-0.05, 0) is 50.1 Å². The van der Waals surface area contributed by atoms with Gasteiger partial charge in [0.15, 0.2) is 5.13 Å². The third kappa shape index (κ3) is 4.74. The second-order valence-electron chi connectivity index (χ2n) is 7.50. The number of sulfonamides is 1. The summed E-state index contributed by atoms with van der Waals surface area (Å²) in [5.74, 6) is -1.56. The first-order valence-electron chi connectivity index (χ1n) is 10.2. The summed E-state index contributed by atoms with van der Waals surface area (Å²) >= 11 is 1.22. The summed E-state index contributed by atoms with van der Waals surface area (Å²) in [4.78, 5) is 17.1. The van der Waals surface area contributed by atoms with E-state index in [0.29, 0.717) is 5.13 Å². The molecule has 32 heavy (non-hydrogen) atoms. The average Bonchev–Trinajstić information content (AvgIpc) is 3.15. The molecule has 0 radical (unpaired) electrons. The van der Waals surface area contributed by atoms with Gasteiger partial charge in [-0.25, -0.2) is 17.8 Å². The van der Waals surface area contributed by atoms with Gasteiger partial charge in [-0.3, -0.25) is 10.1 Å². The van der Waals surface area contributed by atoms with Crippen LogP contribution in [0.4, 0.5) is 9.52 Å². The molecule has 9 heteroatoms. The van der Waals surface area contributed by atoms with E-state index in [2.05, 4.69) is 22.4 Å². The summed E-state index contributed by atoms with van der Waals surface area (Å²) in [6.45, 7) is 10.0. The summed E-state index contributed by atoms with van der Waals surface area (Å²) in [5.41, 5.74) is 4.67. The number of carbonyl (C=O) groups excluding carboxylic acids is 1. The molecule has 1 N–H and O–H groups in total. The molecular weight excluding hydrogens is 449 g/mol. The number of amides is 1. The number of thiazole rings is 1. The molecule has 0 aliphatic heterocycles. The summed E-state index contributed by atoms with van der Waals surface area (Å²) in [6.07, 6.45) is 0. The summed E-state index contributed by atoms with van der Waals surface area (Å²) in [7, 11) is -3.82. The molecule has 0 saturated carbocycles. The quantitative estimate of drug-likeness (QED) is 0.512. The zero-order chi connectivity index (χ0) is 23.6. The van der Waals surface area contributed by atoms with Gasteiger partial charge in [0.2, 0.25) is 10.0 Å². The van der Waals surface area contributed by atoms with Crippen molar-refractivity contribution < 1.29 is 17.6 Å². The fraction of sp³-hybridized carbons (Fsp3) is 0.304. The Balaban J connectivity index is 1.89. The Bertz CT molecular complexity index is 1240. The lowest BCUT2D eigenvalue weighted by atomic mass is 9.98. The Kier molecular flexibility index (Phi) is 7.12. The molecule has 0 fully saturated rings. The van der Waals surface area contributed by atoms with Gasteiger partial charge in [0.1, 0.15) is 5.82 Å². The predicted molar refractivity (Wildman–Crippen MR) is 126 cm³/mol. The Morgan fingerprint density at radius 2 is 1.72 bits per heavy atom. The van der Waals surface area contributed by atoms with Gasteiger partial charge in [0, 0.05) is 24.0 Å². The van der Waals surface area contributed by atoms with Gasteiger partial charge in [0.25, 0.3) is 5.91 Å². The number of nitrogens with one attached hydrogen (secondary N) is 1. The van der Waals surface area contributed by atoms with Crippen LogP contribution in [-0.2, 0) is 10.0 Å². The molecule has 0 bridgehead atoms. The summed E-state index contributed by atoms with van der Waals surface area (Å²) in [5, 5.41) is 4.73. The van der Waals surface area contributed by atoms with Crippen LogP contribution in [0, 0.1) is 26.6 Å². The fourth-order valence-electron chi connectivity index (χ4n) is 3.75. The molecule has 2 aromatic carbocycles. The van der Waals surface area contributed by atoms with E-state index in [-0.39, 0.29) is 23.5 Å². The molecule has 6 nitrogen and oxygen atoms in total. The maximum Gasteiger partial charge on any atom is 0.260 e. The van der Waals surface area contributed by atoms with Crippen molar-refractivity contribution in [3.63, 3.8) is 0 Å². The molecule has 3 aromatic rings. The lowest BCUT2D eigenvalue weighted by molar-refractivity contribution is 0.102. The smallest absolute Gasteiger partial charge is 0.260 e. The standard InChI is InChI=1S/C23H26FN3O3S2/c1-6-27(7-2)32(29,30)17-8-9-19(24)18(12-17)22(28)26-23-25-20(13-31-23)21-15(4)10-14(3)11-16(21)5/h8-13H,6-7H2,1-5H3,(H,25,26,28). The van der Waals surface area contributed by atoms with Gasteiger partial charge >= 0.3 is 0 Å². The highest BCUT2D eigenvalue weighted by Crippen LogP contribution is 2.31. The van der Waals surface area contributed by atoms with Gasteiger partial charge in [-0.2, -0.15) is 4.31 Å². The number of benzene rings is 2. The number of aromatic nitrogens is 1. The SMILES string of the molecule is CCN(CC)S(=O)(=O)c1ccc(F)c(C(=O)Nc2nc(-c3c(C)cc(C)cc3C)cs2)c1. The van der Waals surface area contributed by atoms with Crippen molar-refractivity contribution in [2.24, 2.45) is 0 Å². The first kappa shape index (κ1) is 24.0. The Labute approximate surface area is 192 Å². The van der Waals surface area contributed by atoms with Crippen molar-refractivity contribution in [1.29, 1.82) is 0 Å². The Hall–Kier alpha value is -2.62. The van der Waals surface area contributed by atoms with Crippen LogP contribution in [0.2, 0.25) is 0 Å². The van der Waals surface area contributed by atoms with Crippen LogP contribution in [0.15, 0.2) is 40.6 Å². The lowest BCUT2D eigenvalue weighted by Gasteiger charge is -2.18. The Morgan fingerprint density at radius 3 is 2.31 bits per heavy atom. The molecule has 1 amide bonds. The van der Waals surface area contributed by atoms with Crippen LogP contribution in [0.25, 0.3) is 11.3 Å². The largest absolute Gasteiger partial charge is 0.298 e. The highest BCUT2D eigenvalue weighted by atomic mass is 32.2. The number of nitrogens with zero attached hydrogens (tertiary/aromatic N) is 2. The predicted octanol–water partition coefficient (Wildman–Crippen LogP) is 5.16. The molecular formula is C23H26FN3O3S2. The molecule has 3 rings (SSSR count). The van der Waals surface area contributed by atoms with Crippen LogP contribution in [0.1, 0.15) is 40.9 Å². The topological polar surface area (TPSA) is 79.4 Å². The number of aryl methyl sites for hydroxylation is 3. The van der Waals surface area contributed by atoms with Crippen molar-refractivity contribution >= 4 is 32.4 Å². The van der Waals surface area contributed by atoms with E-state index < -0.39 is 21.7 Å². The number of anilines is 1. The summed E-state index contributed by atoms with van der Waals surface area (Å²) < 4.78 is 41.2. The Morgan fingerprint density at radius 1 is 1.09 bits per heavy atom. The highest BCUT2D eigenvalue weighted by molar-refractivity contribution is 7.89. The highest BCUT2D eigenvalue weighted by Gasteiger charge is 2.24. The van der Waals surface area contributed by atoms with Gasteiger partial charge in [-0.15, -0.1) is 11.3 Å². The molecule has 170 valence electrons. The number of hydrogen-bond donors (Lipinski definition) is 1. The molecule has 0 saturated heterocycles. The lowest BCUT2D eigenvalue weighted by Crippen LogP contribution is -2.31. The van der Waals surface area contributed by atoms with Crippen molar-refractivity contribution in [2.45, 2.75) is 39.5 Å². The van der Waals surface area contributed by atoms with E-state index in [9.17, 15) is 17.6 Å². The molecule has 0 unspecified atom stereocenters. The second-order valence-corrected chi connectivity index (χ2v) is 10.3. The van der Waals surface area contributed by atoms with E-state index in [0.717, 1.165) is 40.1 Å². The fourth-order valence-corrected chi connectivity index (χ4v) is 5.93. The van der Waals surface area contributed by atoms with Crippen LogP contribution in [0.3, 0.4) is 0 Å². The van der Waals surface area contributed by atoms with Crippen molar-refractivity contribution in [3.05, 3.63) is 63.8 Å². The van der Waals surface area contributed by atoms with E-state index in [1.807, 2.05) is 26.2 Å². The van der Waals surface area contributed by atoms with Crippen molar-refractivity contribution in [3.8, 4) is 11.3 Å². The number of carbonyl (C=O) groups is 1. The minimum absolute atomic E-state index is 0.126. The molecule has 0 atom stereocenters. The van der Waals surface area contributed by atoms with E-state index >= 15 is 0 Å². The van der Waals surface area contributed by atoms with Crippen LogP contribution < -0.4 is 5.32 Å². The monoisotopic (exact) mass is 475 g/mol. The molecule has 1 aromatic heterocycles. The minimum Gasteiger partial charge on any atom is -0.298 e. The van der Waals surface area contributed by atoms with E-state index in [4.69, 9.17) is 0 Å². The van der Waals surface area contributed by atoms with E-state index in [1.54, 1.807) is 13.8 Å². The summed E-state index contributed by atoms with van der Waals surface area (Å²) in [6, 6.07) is 7.37. The number of rotatable bonds is 7. The van der Waals surface area contributed by atoms with E-state index in [1.165, 1.54) is 21.7 Å². The van der Waals surface area contributed by atoms with Gasteiger partial charge < -0.3 is 0 Å². The van der Waals surface area contributed by atoms with Gasteiger partial charge in [0.05, 0.1) is 16.2 Å². The van der Waals surface area contributed by atoms with Crippen LogP contribution >= 0.6 is 11.3 Å². The second kappa shape index (κ2) is 9.48. The normalized spacial score (nSPS) is 11.7. The third-order valence-corrected chi connectivity index (χ3v) is 7.99. The first-order chi connectivity index (χ1) is 15.1.